The van der Waals surface area contributed by atoms with Gasteiger partial charge in [0.2, 0.25) is 5.89 Å². The molecule has 0 radical (unpaired) electrons. The van der Waals surface area contributed by atoms with Gasteiger partial charge in [-0.25, -0.2) is 13.4 Å². The lowest BCUT2D eigenvalue weighted by molar-refractivity contribution is 0.364. The van der Waals surface area contributed by atoms with Gasteiger partial charge in [0.05, 0.1) is 29.2 Å². The molecule has 27 heavy (non-hydrogen) atoms. The van der Waals surface area contributed by atoms with E-state index in [1.165, 1.54) is 6.26 Å². The summed E-state index contributed by atoms with van der Waals surface area (Å²) in [6, 6.07) is 5.45. The van der Waals surface area contributed by atoms with Gasteiger partial charge in [-0.05, 0) is 31.0 Å². The lowest BCUT2D eigenvalue weighted by Crippen LogP contribution is -2.19. The topological polar surface area (TPSA) is 115 Å². The highest BCUT2D eigenvalue weighted by atomic mass is 35.5. The Hall–Kier alpha value is -2.52. The summed E-state index contributed by atoms with van der Waals surface area (Å²) in [5.74, 6) is 1.18. The number of hydrogen-bond acceptors (Lipinski definition) is 7. The molecule has 0 unspecified atom stereocenters. The fraction of sp³-hybridized carbons (Fsp3) is 0.294. The van der Waals surface area contributed by atoms with Crippen molar-refractivity contribution in [3.05, 3.63) is 47.0 Å². The van der Waals surface area contributed by atoms with Crippen LogP contribution >= 0.6 is 11.6 Å². The zero-order valence-electron chi connectivity index (χ0n) is 14.2. The summed E-state index contributed by atoms with van der Waals surface area (Å²) in [7, 11) is -3.29. The van der Waals surface area contributed by atoms with Gasteiger partial charge in [-0.3, -0.25) is 4.98 Å². The number of imidazole rings is 1. The maximum Gasteiger partial charge on any atom is 0.248 e. The maximum absolute atomic E-state index is 12.0. The fourth-order valence-electron chi connectivity index (χ4n) is 3.28. The third-order valence-corrected chi connectivity index (χ3v) is 7.16. The number of sulfone groups is 1. The predicted octanol–water partition coefficient (Wildman–Crippen LogP) is 2.77. The van der Waals surface area contributed by atoms with Crippen molar-refractivity contribution in [1.29, 1.82) is 0 Å². The Morgan fingerprint density at radius 2 is 2.11 bits per heavy atom. The van der Waals surface area contributed by atoms with Crippen molar-refractivity contribution >= 4 is 43.4 Å². The molecule has 0 amide bonds. The second-order valence-corrected chi connectivity index (χ2v) is 9.59. The van der Waals surface area contributed by atoms with Crippen molar-refractivity contribution < 1.29 is 12.9 Å². The van der Waals surface area contributed by atoms with Gasteiger partial charge in [0.1, 0.15) is 5.82 Å². The van der Waals surface area contributed by atoms with Crippen LogP contribution in [0.4, 0.5) is 0 Å². The predicted molar refractivity (Wildman–Crippen MR) is 99.3 cm³/mol. The van der Waals surface area contributed by atoms with Crippen LogP contribution in [0.2, 0.25) is 5.02 Å². The van der Waals surface area contributed by atoms with Gasteiger partial charge in [-0.1, -0.05) is 16.8 Å². The third-order valence-electron chi connectivity index (χ3n) is 4.92. The molecule has 5 rings (SSSR count). The third kappa shape index (κ3) is 2.61. The summed E-state index contributed by atoms with van der Waals surface area (Å²) in [4.78, 5) is 16.5. The SMILES string of the molecule is CS(=O)(=O)C1(c2nc(Cc3nc4c(cnc5ccc(Cl)cc54)[nH]3)no2)CC1. The molecule has 1 aromatic carbocycles. The van der Waals surface area contributed by atoms with E-state index in [0.29, 0.717) is 35.9 Å². The molecule has 1 aliphatic carbocycles. The Morgan fingerprint density at radius 1 is 1.30 bits per heavy atom. The lowest BCUT2D eigenvalue weighted by Gasteiger charge is -2.05. The van der Waals surface area contributed by atoms with Crippen LogP contribution in [0.3, 0.4) is 0 Å². The van der Waals surface area contributed by atoms with E-state index in [2.05, 4.69) is 25.1 Å². The highest BCUT2D eigenvalue weighted by Crippen LogP contribution is 2.51. The Morgan fingerprint density at radius 3 is 2.85 bits per heavy atom. The van der Waals surface area contributed by atoms with Gasteiger partial charge in [0, 0.05) is 16.7 Å². The number of fused-ring (bicyclic) bond motifs is 3. The molecule has 0 aliphatic heterocycles. The normalized spacial score (nSPS) is 16.2. The molecular formula is C17H14ClN5O3S. The molecule has 0 spiro atoms. The number of halogens is 1. The summed E-state index contributed by atoms with van der Waals surface area (Å²) in [6.07, 6.45) is 4.23. The van der Waals surface area contributed by atoms with Crippen LogP contribution in [0.5, 0.6) is 0 Å². The molecule has 1 fully saturated rings. The van der Waals surface area contributed by atoms with Crippen LogP contribution in [0.1, 0.15) is 30.4 Å². The van der Waals surface area contributed by atoms with E-state index >= 15 is 0 Å². The first-order chi connectivity index (χ1) is 12.9. The molecule has 1 aliphatic rings. The number of benzene rings is 1. The minimum atomic E-state index is -3.29. The number of aromatic amines is 1. The summed E-state index contributed by atoms with van der Waals surface area (Å²) in [5, 5.41) is 5.39. The number of nitrogens with one attached hydrogen (secondary N) is 1. The summed E-state index contributed by atoms with van der Waals surface area (Å²) >= 11 is 6.10. The zero-order valence-corrected chi connectivity index (χ0v) is 15.8. The van der Waals surface area contributed by atoms with E-state index in [0.717, 1.165) is 21.9 Å². The number of H-pyrrole nitrogens is 1. The number of pyridine rings is 1. The van der Waals surface area contributed by atoms with Crippen molar-refractivity contribution in [3.8, 4) is 0 Å². The Kier molecular flexibility index (Phi) is 3.38. The maximum atomic E-state index is 12.0. The van der Waals surface area contributed by atoms with Crippen molar-refractivity contribution in [2.45, 2.75) is 24.0 Å². The van der Waals surface area contributed by atoms with E-state index < -0.39 is 14.6 Å². The first-order valence-electron chi connectivity index (χ1n) is 8.31. The fourth-order valence-corrected chi connectivity index (χ4v) is 4.70. The molecule has 0 bridgehead atoms. The van der Waals surface area contributed by atoms with Gasteiger partial charge >= 0.3 is 0 Å². The molecule has 138 valence electrons. The van der Waals surface area contributed by atoms with Crippen molar-refractivity contribution in [3.63, 3.8) is 0 Å². The molecule has 3 aromatic heterocycles. The molecule has 0 atom stereocenters. The van der Waals surface area contributed by atoms with Crippen LogP contribution < -0.4 is 0 Å². The van der Waals surface area contributed by atoms with Crippen LogP contribution in [0.25, 0.3) is 21.9 Å². The number of aromatic nitrogens is 5. The van der Waals surface area contributed by atoms with Gasteiger partial charge in [0.15, 0.2) is 20.4 Å². The average Bonchev–Trinajstić information content (AvgIpc) is 3.14. The van der Waals surface area contributed by atoms with Crippen LogP contribution in [-0.2, 0) is 21.0 Å². The van der Waals surface area contributed by atoms with Crippen LogP contribution in [0, 0.1) is 0 Å². The molecule has 1 saturated carbocycles. The quantitative estimate of drug-likeness (QED) is 0.557. The van der Waals surface area contributed by atoms with E-state index in [-0.39, 0.29) is 5.89 Å². The summed E-state index contributed by atoms with van der Waals surface area (Å²) < 4.78 is 28.2. The molecular weight excluding hydrogens is 390 g/mol. The van der Waals surface area contributed by atoms with E-state index in [9.17, 15) is 8.42 Å². The minimum absolute atomic E-state index is 0.162. The Bertz CT molecular complexity index is 1310. The standard InChI is InChI=1S/C17H14ClN5O3S/c1-27(24,25)17(4-5-17)16-22-14(23-26-16)7-13-20-12-8-19-11-3-2-9(18)6-10(11)15(12)21-13/h2-3,6,8H,4-5,7H2,1H3,(H,20,21). The number of nitrogens with zero attached hydrogens (tertiary/aromatic N) is 4. The molecule has 8 nitrogen and oxygen atoms in total. The van der Waals surface area contributed by atoms with Crippen molar-refractivity contribution in [2.24, 2.45) is 0 Å². The molecule has 3 heterocycles. The van der Waals surface area contributed by atoms with Gasteiger partial charge < -0.3 is 9.51 Å². The van der Waals surface area contributed by atoms with E-state index in [4.69, 9.17) is 16.1 Å². The molecule has 4 aromatic rings. The zero-order chi connectivity index (χ0) is 18.8. The Labute approximate surface area is 158 Å². The first-order valence-corrected chi connectivity index (χ1v) is 10.6. The smallest absolute Gasteiger partial charge is 0.248 e. The second-order valence-electron chi connectivity index (χ2n) is 6.82. The highest BCUT2D eigenvalue weighted by Gasteiger charge is 2.58. The van der Waals surface area contributed by atoms with Crippen molar-refractivity contribution in [2.75, 3.05) is 6.26 Å². The van der Waals surface area contributed by atoms with E-state index in [1.807, 2.05) is 12.1 Å². The summed E-state index contributed by atoms with van der Waals surface area (Å²) in [5.41, 5.74) is 2.34. The van der Waals surface area contributed by atoms with Crippen LogP contribution in [0.15, 0.2) is 28.9 Å². The highest BCUT2D eigenvalue weighted by molar-refractivity contribution is 7.91. The van der Waals surface area contributed by atoms with Gasteiger partial charge in [-0.15, -0.1) is 0 Å². The van der Waals surface area contributed by atoms with Crippen molar-refractivity contribution in [1.82, 2.24) is 25.1 Å². The summed E-state index contributed by atoms with van der Waals surface area (Å²) in [6.45, 7) is 0. The monoisotopic (exact) mass is 403 g/mol. The molecule has 10 heteroatoms. The largest absolute Gasteiger partial charge is 0.340 e. The van der Waals surface area contributed by atoms with Gasteiger partial charge in [-0.2, -0.15) is 4.98 Å². The average molecular weight is 404 g/mol. The first kappa shape index (κ1) is 16.6. The Balaban J connectivity index is 1.51. The second kappa shape index (κ2) is 5.49. The molecule has 0 saturated heterocycles. The van der Waals surface area contributed by atoms with Crippen LogP contribution in [-0.4, -0.2) is 39.8 Å². The van der Waals surface area contributed by atoms with E-state index in [1.54, 1.807) is 12.3 Å². The number of rotatable bonds is 4. The number of hydrogen-bond donors (Lipinski definition) is 1. The van der Waals surface area contributed by atoms with Gasteiger partial charge in [0.25, 0.3) is 0 Å². The lowest BCUT2D eigenvalue weighted by atomic mass is 10.2. The molecule has 1 N–H and O–H groups in total. The minimum Gasteiger partial charge on any atom is -0.340 e.